The van der Waals surface area contributed by atoms with Gasteiger partial charge in [-0.05, 0) is 55.7 Å². The van der Waals surface area contributed by atoms with Crippen LogP contribution >= 0.6 is 0 Å². The van der Waals surface area contributed by atoms with Gasteiger partial charge in [-0.3, -0.25) is 4.79 Å². The number of nitrogens with one attached hydrogen (secondary N) is 1. The van der Waals surface area contributed by atoms with Gasteiger partial charge in [0.2, 0.25) is 5.91 Å². The van der Waals surface area contributed by atoms with Crippen LogP contribution in [-0.2, 0) is 10.2 Å². The molecule has 5 nitrogen and oxygen atoms in total. The zero-order valence-electron chi connectivity index (χ0n) is 17.8. The molecule has 2 saturated carbocycles. The molecule has 30 heavy (non-hydrogen) atoms. The first-order valence-corrected chi connectivity index (χ1v) is 10.8. The molecule has 2 aromatic rings. The number of nitrogens with zero attached hydrogens (tertiary/aromatic N) is 2. The summed E-state index contributed by atoms with van der Waals surface area (Å²) >= 11 is 0. The number of aromatic amines is 1. The molecule has 2 aliphatic carbocycles. The molecule has 0 radical (unpaired) electrons. The fraction of sp³-hybridized carbons (Fsp3) is 0.583. The first-order chi connectivity index (χ1) is 14.3. The van der Waals surface area contributed by atoms with Gasteiger partial charge >= 0.3 is 0 Å². The average Bonchev–Trinajstić information content (AvgIpc) is 3.13. The Balaban J connectivity index is 1.43. The Labute approximate surface area is 176 Å². The van der Waals surface area contributed by atoms with Gasteiger partial charge in [-0.15, -0.1) is 0 Å². The molecule has 158 valence electrons. The van der Waals surface area contributed by atoms with E-state index in [-0.39, 0.29) is 29.2 Å². The summed E-state index contributed by atoms with van der Waals surface area (Å²) in [6.45, 7) is 4.00. The van der Waals surface area contributed by atoms with E-state index in [2.05, 4.69) is 16.0 Å². The highest BCUT2D eigenvalue weighted by Crippen LogP contribution is 2.56. The summed E-state index contributed by atoms with van der Waals surface area (Å²) < 4.78 is 20.2. The monoisotopic (exact) mass is 409 g/mol. The highest BCUT2D eigenvalue weighted by Gasteiger charge is 2.56. The Morgan fingerprint density at radius 1 is 1.33 bits per heavy atom. The van der Waals surface area contributed by atoms with Crippen molar-refractivity contribution >= 4 is 16.8 Å². The van der Waals surface area contributed by atoms with E-state index in [1.807, 2.05) is 20.0 Å². The maximum atomic E-state index is 15.0. The molecule has 4 bridgehead atoms. The lowest BCUT2D eigenvalue weighted by Crippen LogP contribution is -2.63. The minimum absolute atomic E-state index is 0.125. The summed E-state index contributed by atoms with van der Waals surface area (Å²) in [7, 11) is 1.46. The number of hydrogen-bond acceptors (Lipinski definition) is 3. The van der Waals surface area contributed by atoms with Gasteiger partial charge in [-0.2, -0.15) is 5.26 Å². The summed E-state index contributed by atoms with van der Waals surface area (Å²) in [6.07, 6.45) is 6.78. The average molecular weight is 410 g/mol. The maximum Gasteiger partial charge on any atom is 0.223 e. The maximum absolute atomic E-state index is 15.0. The normalized spacial score (nSPS) is 30.0. The molecule has 4 aliphatic rings. The molecule has 1 aromatic carbocycles. The highest BCUT2D eigenvalue weighted by molar-refractivity contribution is 5.88. The fourth-order valence-electron chi connectivity index (χ4n) is 6.59. The van der Waals surface area contributed by atoms with Crippen molar-refractivity contribution in [3.63, 3.8) is 0 Å². The molecule has 2 unspecified atom stereocenters. The molecule has 1 amide bonds. The van der Waals surface area contributed by atoms with Gasteiger partial charge in [-0.25, -0.2) is 4.39 Å². The predicted octanol–water partition coefficient (Wildman–Crippen LogP) is 4.67. The summed E-state index contributed by atoms with van der Waals surface area (Å²) in [5, 5.41) is 10.2. The third kappa shape index (κ3) is 2.74. The van der Waals surface area contributed by atoms with Crippen LogP contribution in [0.4, 0.5) is 4.39 Å². The summed E-state index contributed by atoms with van der Waals surface area (Å²) in [6, 6.07) is 6.36. The number of H-pyrrole nitrogens is 1. The highest BCUT2D eigenvalue weighted by atomic mass is 19.1. The van der Waals surface area contributed by atoms with E-state index in [0.29, 0.717) is 23.2 Å². The molecular weight excluding hydrogens is 381 g/mol. The predicted molar refractivity (Wildman–Crippen MR) is 111 cm³/mol. The first kappa shape index (κ1) is 19.4. The summed E-state index contributed by atoms with van der Waals surface area (Å²) in [5.41, 5.74) is 0.735. The Hall–Kier alpha value is -2.55. The van der Waals surface area contributed by atoms with E-state index in [1.165, 1.54) is 7.11 Å². The van der Waals surface area contributed by atoms with Gasteiger partial charge in [-0.1, -0.05) is 13.8 Å². The van der Waals surface area contributed by atoms with Crippen molar-refractivity contribution < 1.29 is 13.9 Å². The number of benzene rings is 1. The van der Waals surface area contributed by atoms with Crippen LogP contribution in [0.2, 0.25) is 0 Å². The Kier molecular flexibility index (Phi) is 4.19. The van der Waals surface area contributed by atoms with Crippen LogP contribution in [0.1, 0.15) is 57.9 Å². The van der Waals surface area contributed by atoms with Crippen LogP contribution in [0.5, 0.6) is 5.75 Å². The smallest absolute Gasteiger partial charge is 0.223 e. The molecule has 1 N–H and O–H groups in total. The van der Waals surface area contributed by atoms with Crippen molar-refractivity contribution in [1.29, 1.82) is 5.26 Å². The number of amides is 1. The van der Waals surface area contributed by atoms with Crippen LogP contribution in [0.25, 0.3) is 10.9 Å². The molecule has 2 atom stereocenters. The van der Waals surface area contributed by atoms with E-state index >= 15 is 4.39 Å². The lowest BCUT2D eigenvalue weighted by Gasteiger charge is -2.59. The Morgan fingerprint density at radius 2 is 2.03 bits per heavy atom. The van der Waals surface area contributed by atoms with Gasteiger partial charge in [0, 0.05) is 41.0 Å². The van der Waals surface area contributed by atoms with Crippen molar-refractivity contribution in [2.45, 2.75) is 69.9 Å². The van der Waals surface area contributed by atoms with E-state index in [9.17, 15) is 10.1 Å². The van der Waals surface area contributed by atoms with Crippen molar-refractivity contribution in [2.75, 3.05) is 7.11 Å². The minimum atomic E-state index is -0.538. The second-order valence-corrected chi connectivity index (χ2v) is 10.2. The van der Waals surface area contributed by atoms with Crippen molar-refractivity contribution in [2.24, 2.45) is 11.3 Å². The number of hydrogen-bond donors (Lipinski definition) is 1. The van der Waals surface area contributed by atoms with Crippen molar-refractivity contribution in [1.82, 2.24) is 9.88 Å². The SMILES string of the molecule is COc1ccc2[nH]cc(C(C)(C)CC(=O)N3C4CC5CC3CC(C#N)(C5)C4)c2c1F. The molecule has 2 saturated heterocycles. The van der Waals surface area contributed by atoms with Gasteiger partial charge < -0.3 is 14.6 Å². The molecule has 2 aliphatic heterocycles. The molecular formula is C24H28FN3O2. The third-order valence-corrected chi connectivity index (χ3v) is 7.74. The standard InChI is InChI=1S/C24H28FN3O2/c1-23(2,17-12-27-18-4-5-19(30-3)22(25)21(17)18)11-20(29)28-15-6-14-7-16(28)10-24(8-14,9-15)13-26/h4-5,12,14-16,27H,6-11H2,1-3H3. The number of methoxy groups -OCH3 is 1. The van der Waals surface area contributed by atoms with E-state index in [4.69, 9.17) is 4.74 Å². The quantitative estimate of drug-likeness (QED) is 0.798. The molecule has 4 fully saturated rings. The molecule has 6 rings (SSSR count). The molecule has 1 aromatic heterocycles. The number of carbonyl (C=O) groups is 1. The van der Waals surface area contributed by atoms with Crippen LogP contribution in [-0.4, -0.2) is 35.0 Å². The fourth-order valence-corrected chi connectivity index (χ4v) is 6.59. The molecule has 0 spiro atoms. The van der Waals surface area contributed by atoms with Crippen molar-refractivity contribution in [3.05, 3.63) is 29.7 Å². The lowest BCUT2D eigenvalue weighted by molar-refractivity contribution is -0.154. The number of ether oxygens (including phenoxy) is 1. The lowest BCUT2D eigenvalue weighted by atomic mass is 9.56. The Bertz CT molecular complexity index is 1050. The van der Waals surface area contributed by atoms with Gasteiger partial charge in [0.25, 0.3) is 0 Å². The van der Waals surface area contributed by atoms with Gasteiger partial charge in [0.15, 0.2) is 11.6 Å². The van der Waals surface area contributed by atoms with Crippen LogP contribution < -0.4 is 4.74 Å². The number of fused-ring (bicyclic) bond motifs is 1. The number of halogens is 1. The topological polar surface area (TPSA) is 69.1 Å². The molecule has 6 heteroatoms. The largest absolute Gasteiger partial charge is 0.494 e. The number of aromatic nitrogens is 1. The second-order valence-electron chi connectivity index (χ2n) is 10.2. The van der Waals surface area contributed by atoms with Crippen LogP contribution in [0.15, 0.2) is 18.3 Å². The second kappa shape index (κ2) is 6.47. The van der Waals surface area contributed by atoms with E-state index < -0.39 is 11.2 Å². The van der Waals surface area contributed by atoms with Gasteiger partial charge in [0.05, 0.1) is 18.6 Å². The van der Waals surface area contributed by atoms with Gasteiger partial charge in [0.1, 0.15) is 0 Å². The van der Waals surface area contributed by atoms with E-state index in [1.54, 1.807) is 12.1 Å². The first-order valence-electron chi connectivity index (χ1n) is 10.8. The number of rotatable bonds is 4. The minimum Gasteiger partial charge on any atom is -0.494 e. The van der Waals surface area contributed by atoms with Crippen LogP contribution in [0.3, 0.4) is 0 Å². The molecule has 3 heterocycles. The van der Waals surface area contributed by atoms with E-state index in [0.717, 1.165) is 37.7 Å². The Morgan fingerprint density at radius 3 is 2.67 bits per heavy atom. The number of piperidine rings is 2. The van der Waals surface area contributed by atoms with Crippen LogP contribution in [0, 0.1) is 28.5 Å². The zero-order valence-corrected chi connectivity index (χ0v) is 17.8. The van der Waals surface area contributed by atoms with Crippen molar-refractivity contribution in [3.8, 4) is 11.8 Å². The zero-order chi connectivity index (χ0) is 21.3. The summed E-state index contributed by atoms with van der Waals surface area (Å²) in [5.74, 6) is 0.517. The summed E-state index contributed by atoms with van der Waals surface area (Å²) in [4.78, 5) is 18.7. The number of nitriles is 1. The third-order valence-electron chi connectivity index (χ3n) is 7.74. The number of carbonyl (C=O) groups excluding carboxylic acids is 1.